The molecule has 3 N–H and O–H groups in total. The van der Waals surface area contributed by atoms with E-state index >= 15 is 0 Å². The molecule has 0 aliphatic rings. The number of hydrogen-bond acceptors (Lipinski definition) is 3. The molecule has 0 aromatic carbocycles. The molecule has 0 unspecified atom stereocenters. The first-order chi connectivity index (χ1) is 6.99. The molecule has 5 heteroatoms. The van der Waals surface area contributed by atoms with E-state index in [1.165, 1.54) is 0 Å². The first-order valence-electron chi connectivity index (χ1n) is 4.41. The van der Waals surface area contributed by atoms with Crippen molar-refractivity contribution in [3.05, 3.63) is 24.5 Å². The molecule has 0 aliphatic carbocycles. The lowest BCUT2D eigenvalue weighted by Crippen LogP contribution is -2.03. The van der Waals surface area contributed by atoms with E-state index in [1.807, 2.05) is 6.92 Å². The van der Waals surface area contributed by atoms with E-state index in [4.69, 9.17) is 15.3 Å². The minimum Gasteiger partial charge on any atom is -0.516 e. The maximum atomic E-state index is 10.4. The normalized spacial score (nSPS) is 9.80. The van der Waals surface area contributed by atoms with E-state index < -0.39 is 11.9 Å². The zero-order valence-corrected chi connectivity index (χ0v) is 8.64. The van der Waals surface area contributed by atoms with Crippen molar-refractivity contribution in [2.45, 2.75) is 26.2 Å². The lowest BCUT2D eigenvalue weighted by molar-refractivity contribution is -0.135. The van der Waals surface area contributed by atoms with Crippen LogP contribution >= 0.6 is 0 Å². The van der Waals surface area contributed by atoms with Gasteiger partial charge in [0.25, 0.3) is 0 Å². The van der Waals surface area contributed by atoms with Crippen LogP contribution in [-0.2, 0) is 9.59 Å². The van der Waals surface area contributed by atoms with Crippen molar-refractivity contribution in [2.75, 3.05) is 0 Å². The fraction of sp³-hybridized carbons (Fsp3) is 0.400. The first-order valence-corrected chi connectivity index (χ1v) is 4.41. The maximum Gasteiger partial charge on any atom is 0.331 e. The Morgan fingerprint density at radius 2 is 1.80 bits per heavy atom. The number of rotatable bonds is 5. The zero-order valence-electron chi connectivity index (χ0n) is 8.64. The van der Waals surface area contributed by atoms with Gasteiger partial charge < -0.3 is 15.3 Å². The molecule has 5 nitrogen and oxygen atoms in total. The summed E-state index contributed by atoms with van der Waals surface area (Å²) in [5.41, 5.74) is -0.0376. The number of carboxylic acid groups (broad SMARTS) is 2. The molecule has 0 saturated carbocycles. The molecular formula is C10H16O5. The summed E-state index contributed by atoms with van der Waals surface area (Å²) < 4.78 is 0. The topological polar surface area (TPSA) is 94.8 Å². The molecular weight excluding hydrogens is 200 g/mol. The smallest absolute Gasteiger partial charge is 0.331 e. The van der Waals surface area contributed by atoms with Gasteiger partial charge in [0.15, 0.2) is 0 Å². The summed E-state index contributed by atoms with van der Waals surface area (Å²) in [7, 11) is 0. The van der Waals surface area contributed by atoms with Gasteiger partial charge in [-0.3, -0.25) is 0 Å². The maximum absolute atomic E-state index is 10.4. The van der Waals surface area contributed by atoms with Crippen LogP contribution in [0.4, 0.5) is 0 Å². The summed E-state index contributed by atoms with van der Waals surface area (Å²) in [6.45, 7) is 4.83. The van der Waals surface area contributed by atoms with Gasteiger partial charge in [-0.15, -0.1) is 0 Å². The van der Waals surface area contributed by atoms with Gasteiger partial charge in [-0.2, -0.15) is 0 Å². The monoisotopic (exact) mass is 216 g/mol. The predicted molar refractivity (Wildman–Crippen MR) is 55.7 cm³/mol. The van der Waals surface area contributed by atoms with Crippen molar-refractivity contribution in [3.63, 3.8) is 0 Å². The third kappa shape index (κ3) is 12.2. The number of unbranched alkanes of at least 4 members (excludes halogenated alkanes) is 1. The molecule has 0 radical (unpaired) electrons. The standard InChI is InChI=1S/C8H12O4.C2H4O/c1-2-3-4-6(8(11)12)5-7(9)10;1-2-3/h5H,2-4H2,1H3,(H,9,10)(H,11,12);2-3H,1H2/b6-5-;. The van der Waals surface area contributed by atoms with Crippen LogP contribution in [0.5, 0.6) is 0 Å². The Labute approximate surface area is 88.4 Å². The quantitative estimate of drug-likeness (QED) is 0.482. The molecule has 0 spiro atoms. The van der Waals surface area contributed by atoms with Crippen LogP contribution in [0.25, 0.3) is 0 Å². The summed E-state index contributed by atoms with van der Waals surface area (Å²) >= 11 is 0. The summed E-state index contributed by atoms with van der Waals surface area (Å²) in [6.07, 6.45) is 3.37. The van der Waals surface area contributed by atoms with Crippen molar-refractivity contribution >= 4 is 11.9 Å². The van der Waals surface area contributed by atoms with E-state index in [-0.39, 0.29) is 5.57 Å². The van der Waals surface area contributed by atoms with Gasteiger partial charge in [-0.05, 0) is 12.8 Å². The molecule has 0 saturated heterocycles. The Morgan fingerprint density at radius 3 is 2.07 bits per heavy atom. The van der Waals surface area contributed by atoms with Crippen LogP contribution in [0.1, 0.15) is 26.2 Å². The third-order valence-electron chi connectivity index (χ3n) is 1.37. The Balaban J connectivity index is 0. The van der Waals surface area contributed by atoms with E-state index in [2.05, 4.69) is 6.58 Å². The van der Waals surface area contributed by atoms with E-state index in [0.717, 1.165) is 18.8 Å². The molecule has 0 amide bonds. The molecule has 0 aromatic rings. The molecule has 0 atom stereocenters. The number of carbonyl (C=O) groups is 2. The molecule has 0 fully saturated rings. The highest BCUT2D eigenvalue weighted by molar-refractivity contribution is 5.94. The van der Waals surface area contributed by atoms with Gasteiger partial charge >= 0.3 is 11.9 Å². The van der Waals surface area contributed by atoms with Gasteiger partial charge in [0.1, 0.15) is 0 Å². The van der Waals surface area contributed by atoms with Crippen LogP contribution in [-0.4, -0.2) is 27.3 Å². The van der Waals surface area contributed by atoms with Crippen molar-refractivity contribution in [2.24, 2.45) is 0 Å². The fourth-order valence-electron chi connectivity index (χ4n) is 0.757. The minimum absolute atomic E-state index is 0.0376. The number of hydrogen-bond donors (Lipinski definition) is 3. The Bertz CT molecular complexity index is 242. The van der Waals surface area contributed by atoms with Crippen molar-refractivity contribution in [1.82, 2.24) is 0 Å². The van der Waals surface area contributed by atoms with Gasteiger partial charge in [-0.25, -0.2) is 9.59 Å². The lowest BCUT2D eigenvalue weighted by Gasteiger charge is -1.97. The highest BCUT2D eigenvalue weighted by atomic mass is 16.4. The number of aliphatic hydroxyl groups is 1. The number of aliphatic carboxylic acids is 2. The van der Waals surface area contributed by atoms with Gasteiger partial charge in [0, 0.05) is 11.6 Å². The Morgan fingerprint density at radius 1 is 1.33 bits per heavy atom. The van der Waals surface area contributed by atoms with Gasteiger partial charge in [0.05, 0.1) is 6.26 Å². The average Bonchev–Trinajstić information content (AvgIpc) is 2.12. The fourth-order valence-corrected chi connectivity index (χ4v) is 0.757. The van der Waals surface area contributed by atoms with E-state index in [0.29, 0.717) is 12.8 Å². The molecule has 0 rings (SSSR count). The van der Waals surface area contributed by atoms with Gasteiger partial charge in [-0.1, -0.05) is 19.9 Å². The second kappa shape index (κ2) is 10.3. The highest BCUT2D eigenvalue weighted by Crippen LogP contribution is 2.06. The first kappa shape index (κ1) is 15.7. The second-order valence-electron chi connectivity index (χ2n) is 2.60. The molecule has 0 aromatic heterocycles. The van der Waals surface area contributed by atoms with Gasteiger partial charge in [0.2, 0.25) is 0 Å². The van der Waals surface area contributed by atoms with E-state index in [1.54, 1.807) is 0 Å². The zero-order chi connectivity index (χ0) is 12.3. The van der Waals surface area contributed by atoms with Crippen LogP contribution in [0.3, 0.4) is 0 Å². The number of carboxylic acids is 2. The molecule has 86 valence electrons. The minimum atomic E-state index is -1.21. The molecule has 0 heterocycles. The van der Waals surface area contributed by atoms with Crippen molar-refractivity contribution in [1.29, 1.82) is 0 Å². The Kier molecular flexibility index (Phi) is 10.8. The third-order valence-corrected chi connectivity index (χ3v) is 1.37. The molecule has 0 bridgehead atoms. The van der Waals surface area contributed by atoms with E-state index in [9.17, 15) is 9.59 Å². The second-order valence-corrected chi connectivity index (χ2v) is 2.60. The summed E-state index contributed by atoms with van der Waals surface area (Å²) in [6, 6.07) is 0. The van der Waals surface area contributed by atoms with Crippen LogP contribution in [0.15, 0.2) is 24.5 Å². The van der Waals surface area contributed by atoms with Crippen LogP contribution in [0, 0.1) is 0 Å². The van der Waals surface area contributed by atoms with Crippen molar-refractivity contribution in [3.8, 4) is 0 Å². The van der Waals surface area contributed by atoms with Crippen LogP contribution < -0.4 is 0 Å². The summed E-state index contributed by atoms with van der Waals surface area (Å²) in [5, 5.41) is 24.1. The largest absolute Gasteiger partial charge is 0.516 e. The lowest BCUT2D eigenvalue weighted by atomic mass is 10.1. The molecule has 0 aliphatic heterocycles. The Hall–Kier alpha value is -1.78. The SMILES string of the molecule is C=CO.CCCC/C(=C/C(=O)O)C(=O)O. The summed E-state index contributed by atoms with van der Waals surface area (Å²) in [4.78, 5) is 20.5. The average molecular weight is 216 g/mol. The highest BCUT2D eigenvalue weighted by Gasteiger charge is 2.07. The molecule has 15 heavy (non-hydrogen) atoms. The summed E-state index contributed by atoms with van der Waals surface area (Å²) in [5.74, 6) is -2.35. The number of aliphatic hydroxyl groups excluding tert-OH is 1. The van der Waals surface area contributed by atoms with Crippen LogP contribution in [0.2, 0.25) is 0 Å². The predicted octanol–water partition coefficient (Wildman–Crippen LogP) is 1.96. The van der Waals surface area contributed by atoms with Crippen molar-refractivity contribution < 1.29 is 24.9 Å².